The summed E-state index contributed by atoms with van der Waals surface area (Å²) in [6.45, 7) is 7.73. The first kappa shape index (κ1) is 21.2. The Kier molecular flexibility index (Phi) is 9.58. The first-order valence-electron chi connectivity index (χ1n) is 8.53. The van der Waals surface area contributed by atoms with Gasteiger partial charge >= 0.3 is 0 Å². The topological polar surface area (TPSA) is 39.7 Å². The number of aliphatic imine (C=N–C) groups is 1. The van der Waals surface area contributed by atoms with Crippen molar-refractivity contribution >= 4 is 29.9 Å². The summed E-state index contributed by atoms with van der Waals surface area (Å²) in [7, 11) is 1.76. The number of likely N-dealkylation sites (tertiary alicyclic amines) is 1. The largest absolute Gasteiger partial charge is 0.355 e. The van der Waals surface area contributed by atoms with E-state index in [4.69, 9.17) is 0 Å². The highest BCUT2D eigenvalue weighted by atomic mass is 127. The number of rotatable bonds is 5. The van der Waals surface area contributed by atoms with E-state index < -0.39 is 0 Å². The number of piperidine rings is 1. The third-order valence-electron chi connectivity index (χ3n) is 4.55. The number of guanidine groups is 1. The minimum absolute atomic E-state index is 0. The van der Waals surface area contributed by atoms with Gasteiger partial charge < -0.3 is 10.6 Å². The molecule has 4 nitrogen and oxygen atoms in total. The highest BCUT2D eigenvalue weighted by Gasteiger charge is 2.17. The fourth-order valence-electron chi connectivity index (χ4n) is 2.96. The van der Waals surface area contributed by atoms with E-state index in [0.717, 1.165) is 24.6 Å². The standard InChI is InChI=1S/C18H29FN4.HI/c1-14-7-8-16(12-17(14)19)13-22-18(20-3)21-9-11-23-10-5-4-6-15(23)2;/h7-8,12,15H,4-6,9-11,13H2,1-3H3,(H2,20,21,22);1H. The van der Waals surface area contributed by atoms with Gasteiger partial charge in [-0.3, -0.25) is 9.89 Å². The zero-order valence-corrected chi connectivity index (χ0v) is 17.3. The van der Waals surface area contributed by atoms with Crippen molar-refractivity contribution < 1.29 is 4.39 Å². The molecule has 6 heteroatoms. The Labute approximate surface area is 162 Å². The van der Waals surface area contributed by atoms with Gasteiger partial charge in [0.05, 0.1) is 0 Å². The van der Waals surface area contributed by atoms with Crippen molar-refractivity contribution in [2.45, 2.75) is 45.7 Å². The quantitative estimate of drug-likeness (QED) is 0.413. The molecule has 1 aliphatic rings. The van der Waals surface area contributed by atoms with Crippen LogP contribution < -0.4 is 10.6 Å². The molecule has 0 aliphatic carbocycles. The highest BCUT2D eigenvalue weighted by molar-refractivity contribution is 14.0. The van der Waals surface area contributed by atoms with Gasteiger partial charge in [-0.05, 0) is 50.4 Å². The number of halogens is 2. The predicted molar refractivity (Wildman–Crippen MR) is 110 cm³/mol. The van der Waals surface area contributed by atoms with Crippen LogP contribution in [-0.2, 0) is 6.54 Å². The van der Waals surface area contributed by atoms with Crippen LogP contribution >= 0.6 is 24.0 Å². The number of benzene rings is 1. The Hall–Kier alpha value is -0.890. The van der Waals surface area contributed by atoms with Gasteiger partial charge in [-0.15, -0.1) is 24.0 Å². The van der Waals surface area contributed by atoms with Crippen LogP contribution in [0.3, 0.4) is 0 Å². The van der Waals surface area contributed by atoms with Crippen molar-refractivity contribution in [3.8, 4) is 0 Å². The monoisotopic (exact) mass is 448 g/mol. The molecular formula is C18H30FIN4. The molecule has 1 atom stereocenters. The van der Waals surface area contributed by atoms with E-state index in [2.05, 4.69) is 27.4 Å². The van der Waals surface area contributed by atoms with E-state index in [1.807, 2.05) is 6.07 Å². The lowest BCUT2D eigenvalue weighted by Crippen LogP contribution is -2.45. The van der Waals surface area contributed by atoms with Gasteiger partial charge in [0.1, 0.15) is 5.82 Å². The summed E-state index contributed by atoms with van der Waals surface area (Å²) in [5.74, 6) is 0.599. The van der Waals surface area contributed by atoms with Crippen LogP contribution in [0, 0.1) is 12.7 Å². The molecular weight excluding hydrogens is 418 g/mol. The first-order chi connectivity index (χ1) is 11.1. The Morgan fingerprint density at radius 1 is 1.33 bits per heavy atom. The van der Waals surface area contributed by atoms with Crippen LogP contribution in [0.4, 0.5) is 4.39 Å². The van der Waals surface area contributed by atoms with Crippen LogP contribution in [0.1, 0.15) is 37.3 Å². The molecule has 1 heterocycles. The van der Waals surface area contributed by atoms with Gasteiger partial charge in [0.25, 0.3) is 0 Å². The molecule has 0 amide bonds. The summed E-state index contributed by atoms with van der Waals surface area (Å²) in [5, 5.41) is 6.57. The molecule has 136 valence electrons. The molecule has 0 spiro atoms. The molecule has 1 unspecified atom stereocenters. The Balaban J connectivity index is 0.00000288. The zero-order chi connectivity index (χ0) is 16.7. The van der Waals surface area contributed by atoms with Gasteiger partial charge in [-0.2, -0.15) is 0 Å². The van der Waals surface area contributed by atoms with E-state index in [1.165, 1.54) is 25.8 Å². The molecule has 2 rings (SSSR count). The SMILES string of the molecule is CN=C(NCCN1CCCCC1C)NCc1ccc(C)c(F)c1.I. The molecule has 0 radical (unpaired) electrons. The molecule has 1 aliphatic heterocycles. The second-order valence-electron chi connectivity index (χ2n) is 6.32. The third kappa shape index (κ3) is 6.55. The summed E-state index contributed by atoms with van der Waals surface area (Å²) in [4.78, 5) is 6.75. The maximum Gasteiger partial charge on any atom is 0.191 e. The van der Waals surface area contributed by atoms with Crippen molar-refractivity contribution in [3.63, 3.8) is 0 Å². The number of nitrogens with one attached hydrogen (secondary N) is 2. The number of nitrogens with zero attached hydrogens (tertiary/aromatic N) is 2. The number of aryl methyl sites for hydroxylation is 1. The minimum Gasteiger partial charge on any atom is -0.355 e. The van der Waals surface area contributed by atoms with Gasteiger partial charge in [0.2, 0.25) is 0 Å². The van der Waals surface area contributed by atoms with Crippen LogP contribution in [0.25, 0.3) is 0 Å². The maximum absolute atomic E-state index is 13.6. The molecule has 1 aromatic rings. The first-order valence-corrected chi connectivity index (χ1v) is 8.53. The van der Waals surface area contributed by atoms with Crippen LogP contribution in [0.5, 0.6) is 0 Å². The molecule has 0 saturated carbocycles. The lowest BCUT2D eigenvalue weighted by molar-refractivity contribution is 0.163. The molecule has 24 heavy (non-hydrogen) atoms. The molecule has 1 fully saturated rings. The highest BCUT2D eigenvalue weighted by Crippen LogP contribution is 2.15. The molecule has 2 N–H and O–H groups in total. The maximum atomic E-state index is 13.6. The number of hydrogen-bond donors (Lipinski definition) is 2. The van der Waals surface area contributed by atoms with Crippen molar-refractivity contribution in [3.05, 3.63) is 35.1 Å². The average Bonchev–Trinajstić information content (AvgIpc) is 2.55. The second-order valence-corrected chi connectivity index (χ2v) is 6.32. The van der Waals surface area contributed by atoms with Crippen molar-refractivity contribution in [2.75, 3.05) is 26.7 Å². The Morgan fingerprint density at radius 2 is 2.12 bits per heavy atom. The molecule has 0 bridgehead atoms. The van der Waals surface area contributed by atoms with Crippen LogP contribution in [-0.4, -0.2) is 43.6 Å². The summed E-state index contributed by atoms with van der Waals surface area (Å²) in [6, 6.07) is 6.00. The minimum atomic E-state index is -0.161. The lowest BCUT2D eigenvalue weighted by Gasteiger charge is -2.33. The predicted octanol–water partition coefficient (Wildman–Crippen LogP) is 3.29. The summed E-state index contributed by atoms with van der Waals surface area (Å²) >= 11 is 0. The van der Waals surface area contributed by atoms with Crippen molar-refractivity contribution in [1.82, 2.24) is 15.5 Å². The van der Waals surface area contributed by atoms with Gasteiger partial charge in [0.15, 0.2) is 5.96 Å². The van der Waals surface area contributed by atoms with Crippen LogP contribution in [0.15, 0.2) is 23.2 Å². The van der Waals surface area contributed by atoms with Crippen molar-refractivity contribution in [2.24, 2.45) is 4.99 Å². The molecule has 1 saturated heterocycles. The fraction of sp³-hybridized carbons (Fsp3) is 0.611. The van der Waals surface area contributed by atoms with Crippen molar-refractivity contribution in [1.29, 1.82) is 0 Å². The van der Waals surface area contributed by atoms with Crippen LogP contribution in [0.2, 0.25) is 0 Å². The summed E-state index contributed by atoms with van der Waals surface area (Å²) < 4.78 is 13.6. The summed E-state index contributed by atoms with van der Waals surface area (Å²) in [6.07, 6.45) is 3.95. The van der Waals surface area contributed by atoms with E-state index in [-0.39, 0.29) is 29.8 Å². The van der Waals surface area contributed by atoms with E-state index in [1.54, 1.807) is 26.1 Å². The van der Waals surface area contributed by atoms with Gasteiger partial charge in [-0.1, -0.05) is 18.6 Å². The third-order valence-corrected chi connectivity index (χ3v) is 4.55. The smallest absolute Gasteiger partial charge is 0.191 e. The van der Waals surface area contributed by atoms with Gasteiger partial charge in [0, 0.05) is 32.7 Å². The zero-order valence-electron chi connectivity index (χ0n) is 14.9. The Bertz CT molecular complexity index is 536. The second kappa shape index (κ2) is 10.9. The fourth-order valence-corrected chi connectivity index (χ4v) is 2.96. The average molecular weight is 448 g/mol. The van der Waals surface area contributed by atoms with E-state index in [9.17, 15) is 4.39 Å². The van der Waals surface area contributed by atoms with Gasteiger partial charge in [-0.25, -0.2) is 4.39 Å². The number of hydrogen-bond acceptors (Lipinski definition) is 2. The molecule has 0 aromatic heterocycles. The Morgan fingerprint density at radius 3 is 2.79 bits per heavy atom. The summed E-state index contributed by atoms with van der Waals surface area (Å²) in [5.41, 5.74) is 1.59. The lowest BCUT2D eigenvalue weighted by atomic mass is 10.0. The molecule has 1 aromatic carbocycles. The van der Waals surface area contributed by atoms with E-state index >= 15 is 0 Å². The van der Waals surface area contributed by atoms with E-state index in [0.29, 0.717) is 18.2 Å². The normalized spacial score (nSPS) is 18.8.